The van der Waals surface area contributed by atoms with Crippen molar-refractivity contribution in [3.8, 4) is 0 Å². The first-order chi connectivity index (χ1) is 15.8. The summed E-state index contributed by atoms with van der Waals surface area (Å²) in [6, 6.07) is 0.344. The van der Waals surface area contributed by atoms with Crippen LogP contribution in [0.1, 0.15) is 50.4 Å². The predicted molar refractivity (Wildman–Crippen MR) is 119 cm³/mol. The second-order valence-corrected chi connectivity index (χ2v) is 9.12. The molecule has 0 atom stereocenters. The quantitative estimate of drug-likeness (QED) is 0.212. The van der Waals surface area contributed by atoms with Crippen LogP contribution < -0.4 is 5.01 Å². The highest BCUT2D eigenvalue weighted by molar-refractivity contribution is 5.94. The van der Waals surface area contributed by atoms with E-state index in [1.165, 1.54) is 6.20 Å². The Morgan fingerprint density at radius 1 is 1.30 bits per heavy atom. The van der Waals surface area contributed by atoms with Gasteiger partial charge in [0, 0.05) is 19.1 Å². The molecule has 33 heavy (non-hydrogen) atoms. The minimum Gasteiger partial charge on any atom is -0.456 e. The first-order valence-electron chi connectivity index (χ1n) is 11.2. The number of carbonyl (C=O) groups is 2. The van der Waals surface area contributed by atoms with E-state index in [1.54, 1.807) is 11.8 Å². The van der Waals surface area contributed by atoms with Gasteiger partial charge in [0.15, 0.2) is 5.82 Å². The minimum atomic E-state index is -0.330. The molecule has 1 spiro atoms. The van der Waals surface area contributed by atoms with Gasteiger partial charge >= 0.3 is 5.97 Å². The summed E-state index contributed by atoms with van der Waals surface area (Å²) in [5, 5.41) is 11.6. The van der Waals surface area contributed by atoms with E-state index in [1.807, 2.05) is 6.92 Å². The Morgan fingerprint density at radius 3 is 2.61 bits per heavy atom. The highest BCUT2D eigenvalue weighted by Gasteiger charge is 2.50. The molecule has 11 heteroatoms. The number of cyclic esters (lactones) is 1. The molecule has 176 valence electrons. The molecule has 1 saturated heterocycles. The third-order valence-electron chi connectivity index (χ3n) is 7.35. The lowest BCUT2D eigenvalue weighted by Crippen LogP contribution is -2.42. The number of ether oxygens (including phenoxy) is 1. The van der Waals surface area contributed by atoms with Crippen LogP contribution in [0.25, 0.3) is 0 Å². The Bertz CT molecular complexity index is 1010. The molecule has 2 N–H and O–H groups in total. The van der Waals surface area contributed by atoms with E-state index in [9.17, 15) is 9.59 Å². The van der Waals surface area contributed by atoms with Gasteiger partial charge < -0.3 is 9.64 Å². The second kappa shape index (κ2) is 8.97. The number of aromatic nitrogens is 2. The van der Waals surface area contributed by atoms with Crippen molar-refractivity contribution in [2.75, 3.05) is 25.2 Å². The fourth-order valence-electron chi connectivity index (χ4n) is 5.16. The first kappa shape index (κ1) is 23.0. The van der Waals surface area contributed by atoms with E-state index in [2.05, 4.69) is 27.1 Å². The van der Waals surface area contributed by atoms with Gasteiger partial charge in [-0.1, -0.05) is 5.22 Å². The number of amides is 1. The topological polar surface area (TPSA) is 139 Å². The minimum absolute atomic E-state index is 0.143. The average molecular weight is 455 g/mol. The molecule has 2 fully saturated rings. The molecule has 0 bridgehead atoms. The van der Waals surface area contributed by atoms with Crippen LogP contribution in [0, 0.1) is 23.3 Å². The molecule has 1 aliphatic carbocycles. The Balaban J connectivity index is 1.37. The second-order valence-electron chi connectivity index (χ2n) is 9.12. The van der Waals surface area contributed by atoms with Crippen molar-refractivity contribution < 1.29 is 14.3 Å². The van der Waals surface area contributed by atoms with Crippen LogP contribution in [0.3, 0.4) is 0 Å². The monoisotopic (exact) mass is 454 g/mol. The molecule has 0 aromatic carbocycles. The number of nitrogens with one attached hydrogen (secondary N) is 2. The molecule has 3 aliphatic rings. The molecule has 1 aromatic heterocycles. The van der Waals surface area contributed by atoms with Gasteiger partial charge in [-0.05, 0) is 53.0 Å². The lowest BCUT2D eigenvalue weighted by Gasteiger charge is -2.39. The van der Waals surface area contributed by atoms with Gasteiger partial charge in [-0.25, -0.2) is 9.78 Å². The Hall–Kier alpha value is -3.21. The zero-order valence-corrected chi connectivity index (χ0v) is 19.3. The number of esters is 1. The van der Waals surface area contributed by atoms with Gasteiger partial charge in [-0.3, -0.25) is 20.1 Å². The molecule has 0 unspecified atom stereocenters. The summed E-state index contributed by atoms with van der Waals surface area (Å²) in [6.07, 6.45) is 6.78. The van der Waals surface area contributed by atoms with Crippen molar-refractivity contribution >= 4 is 24.0 Å². The largest absolute Gasteiger partial charge is 0.456 e. The van der Waals surface area contributed by atoms with Crippen LogP contribution in [0.2, 0.25) is 0 Å². The van der Waals surface area contributed by atoms with Gasteiger partial charge in [-0.15, -0.1) is 0 Å². The molecule has 4 rings (SSSR count). The normalized spacial score (nSPS) is 25.2. The molecule has 1 saturated carbocycles. The van der Waals surface area contributed by atoms with Crippen LogP contribution >= 0.6 is 0 Å². The van der Waals surface area contributed by atoms with Crippen molar-refractivity contribution in [2.45, 2.75) is 58.5 Å². The molecular weight excluding hydrogens is 424 g/mol. The van der Waals surface area contributed by atoms with E-state index in [0.29, 0.717) is 30.5 Å². The molecule has 0 radical (unpaired) electrons. The third-order valence-corrected chi connectivity index (χ3v) is 7.35. The molecule has 2 aliphatic heterocycles. The maximum atomic E-state index is 13.3. The molecule has 1 amide bonds. The van der Waals surface area contributed by atoms with E-state index < -0.39 is 0 Å². The van der Waals surface area contributed by atoms with Gasteiger partial charge in [0.05, 0.1) is 34.3 Å². The van der Waals surface area contributed by atoms with Crippen molar-refractivity contribution in [3.05, 3.63) is 28.9 Å². The van der Waals surface area contributed by atoms with Crippen molar-refractivity contribution in [2.24, 2.45) is 10.6 Å². The van der Waals surface area contributed by atoms with E-state index in [4.69, 9.17) is 15.7 Å². The van der Waals surface area contributed by atoms with Gasteiger partial charge in [0.1, 0.15) is 12.9 Å². The third kappa shape index (κ3) is 4.12. The van der Waals surface area contributed by atoms with E-state index in [-0.39, 0.29) is 23.9 Å². The number of hydrogen-bond donors (Lipinski definition) is 2. The summed E-state index contributed by atoms with van der Waals surface area (Å²) in [6.45, 7) is 5.08. The number of likely N-dealkylation sites (tertiary alicyclic amines) is 1. The van der Waals surface area contributed by atoms with E-state index >= 15 is 0 Å². The van der Waals surface area contributed by atoms with Crippen LogP contribution in [0.15, 0.2) is 22.7 Å². The molecular formula is C22H30N8O3. The zero-order chi connectivity index (χ0) is 23.8. The van der Waals surface area contributed by atoms with Crippen molar-refractivity contribution in [3.63, 3.8) is 0 Å². The maximum absolute atomic E-state index is 13.3. The number of anilines is 1. The molecule has 3 heterocycles. The smallest absolute Gasteiger partial charge is 0.336 e. The zero-order valence-electron chi connectivity index (χ0n) is 19.3. The van der Waals surface area contributed by atoms with Gasteiger partial charge in [0.2, 0.25) is 5.91 Å². The Morgan fingerprint density at radius 2 is 2.03 bits per heavy atom. The van der Waals surface area contributed by atoms with Crippen LogP contribution in [-0.4, -0.2) is 64.2 Å². The standard InChI is InChI=1S/C22H30N8O3/c1-14-18(12-33-20(14)31)29-9-8-22(21(29)32)6-4-16(5-7-22)28(3)11-17-15(2)26-19(10-25-17)30(13-23)27-24/h10,13,16,23-24H,4-9,11-12H2,1-3H3/t16-,22-. The van der Waals surface area contributed by atoms with Crippen molar-refractivity contribution in [1.82, 2.24) is 19.8 Å². The first-order valence-corrected chi connectivity index (χ1v) is 11.2. The lowest BCUT2D eigenvalue weighted by atomic mass is 9.71. The van der Waals surface area contributed by atoms with E-state index in [0.717, 1.165) is 60.5 Å². The highest BCUT2D eigenvalue weighted by Crippen LogP contribution is 2.47. The number of hydrogen-bond acceptors (Lipinski definition) is 9. The number of nitrogens with zero attached hydrogens (tertiary/aromatic N) is 6. The number of rotatable bonds is 7. The molecule has 11 nitrogen and oxygen atoms in total. The summed E-state index contributed by atoms with van der Waals surface area (Å²) in [5.74, 6) is 0.159. The van der Waals surface area contributed by atoms with Crippen LogP contribution in [0.5, 0.6) is 0 Å². The maximum Gasteiger partial charge on any atom is 0.336 e. The average Bonchev–Trinajstić information content (AvgIpc) is 3.30. The summed E-state index contributed by atoms with van der Waals surface area (Å²) < 4.78 is 5.11. The summed E-state index contributed by atoms with van der Waals surface area (Å²) in [4.78, 5) is 38.0. The predicted octanol–water partition coefficient (Wildman–Crippen LogP) is 2.57. The molecule has 1 aromatic rings. The fourth-order valence-corrected chi connectivity index (χ4v) is 5.16. The highest BCUT2D eigenvalue weighted by atomic mass is 16.5. The number of carbonyl (C=O) groups excluding carboxylic acids is 2. The SMILES string of the molecule is CC1=C(N2CC[C@]3(CC[C@@H](N(C)Cc4ncc(N(C=N)N=N)nc4C)CC3)C2=O)COC1=O. The van der Waals surface area contributed by atoms with Gasteiger partial charge in [0.25, 0.3) is 0 Å². The lowest BCUT2D eigenvalue weighted by molar-refractivity contribution is -0.138. The van der Waals surface area contributed by atoms with Crippen LogP contribution in [0.4, 0.5) is 5.82 Å². The van der Waals surface area contributed by atoms with Crippen molar-refractivity contribution in [1.29, 1.82) is 10.9 Å². The number of aryl methyl sites for hydroxylation is 1. The van der Waals surface area contributed by atoms with Gasteiger partial charge in [-0.2, -0.15) is 10.5 Å². The van der Waals surface area contributed by atoms with Crippen LogP contribution in [-0.2, 0) is 20.9 Å². The Labute approximate surface area is 192 Å². The Kier molecular flexibility index (Phi) is 6.24. The summed E-state index contributed by atoms with van der Waals surface area (Å²) >= 11 is 0. The fraction of sp³-hybridized carbons (Fsp3) is 0.591. The summed E-state index contributed by atoms with van der Waals surface area (Å²) in [7, 11) is 2.07. The summed E-state index contributed by atoms with van der Waals surface area (Å²) in [5.41, 5.74) is 9.64.